The van der Waals surface area contributed by atoms with Crippen LogP contribution in [0.3, 0.4) is 0 Å². The third kappa shape index (κ3) is 2.62. The first-order chi connectivity index (χ1) is 14.1. The van der Waals surface area contributed by atoms with Gasteiger partial charge in [0.05, 0.1) is 24.1 Å². The van der Waals surface area contributed by atoms with Gasteiger partial charge in [-0.25, -0.2) is 4.39 Å². The molecule has 7 nitrogen and oxygen atoms in total. The number of nitrogens with zero attached hydrogens (tertiary/aromatic N) is 3. The van der Waals surface area contributed by atoms with Crippen LogP contribution in [0.4, 0.5) is 9.52 Å². The van der Waals surface area contributed by atoms with Gasteiger partial charge in [0, 0.05) is 0 Å². The number of amides is 1. The number of fused-ring (bicyclic) bond motifs is 2. The number of rotatable bonds is 3. The third-order valence-electron chi connectivity index (χ3n) is 4.80. The number of ether oxygens (including phenoxy) is 1. The van der Waals surface area contributed by atoms with E-state index in [9.17, 15) is 14.0 Å². The van der Waals surface area contributed by atoms with Gasteiger partial charge in [-0.1, -0.05) is 23.5 Å². The summed E-state index contributed by atoms with van der Waals surface area (Å²) in [6.45, 7) is 0. The van der Waals surface area contributed by atoms with E-state index in [1.165, 1.54) is 29.7 Å². The summed E-state index contributed by atoms with van der Waals surface area (Å²) >= 11 is 1.16. The summed E-state index contributed by atoms with van der Waals surface area (Å²) in [5.74, 6) is -0.588. The van der Waals surface area contributed by atoms with Gasteiger partial charge in [0.1, 0.15) is 22.7 Å². The normalized spacial score (nSPS) is 15.7. The van der Waals surface area contributed by atoms with Crippen LogP contribution in [0.25, 0.3) is 11.0 Å². The highest BCUT2D eigenvalue weighted by Crippen LogP contribution is 2.42. The molecule has 0 spiro atoms. The Hall–Kier alpha value is -3.59. The molecule has 3 heterocycles. The summed E-state index contributed by atoms with van der Waals surface area (Å²) in [7, 11) is 1.53. The minimum atomic E-state index is -0.801. The highest BCUT2D eigenvalue weighted by Gasteiger charge is 2.45. The largest absolute Gasteiger partial charge is 0.497 e. The first-order valence-electron chi connectivity index (χ1n) is 8.58. The molecule has 1 aliphatic heterocycles. The quantitative estimate of drug-likeness (QED) is 0.515. The average molecular weight is 409 g/mol. The minimum Gasteiger partial charge on any atom is -0.497 e. The second-order valence-corrected chi connectivity index (χ2v) is 7.20. The molecule has 1 amide bonds. The number of halogens is 1. The number of anilines is 1. The molecule has 29 heavy (non-hydrogen) atoms. The molecular formula is C20H12FN3O4S. The third-order valence-corrected chi connectivity index (χ3v) is 5.49. The molecule has 0 saturated heterocycles. The van der Waals surface area contributed by atoms with Crippen molar-refractivity contribution in [2.24, 2.45) is 0 Å². The highest BCUT2D eigenvalue weighted by atomic mass is 32.1. The van der Waals surface area contributed by atoms with Gasteiger partial charge in [-0.15, -0.1) is 10.2 Å². The SMILES string of the molecule is COc1cccc(C2c3c(oc4ccc(F)cc4c3=O)C(=O)N2c2nncs2)c1. The molecule has 1 unspecified atom stereocenters. The summed E-state index contributed by atoms with van der Waals surface area (Å²) < 4.78 is 24.8. The van der Waals surface area contributed by atoms with Gasteiger partial charge >= 0.3 is 0 Å². The Morgan fingerprint density at radius 1 is 1.21 bits per heavy atom. The molecule has 0 saturated carbocycles. The zero-order valence-corrected chi connectivity index (χ0v) is 15.8. The molecule has 1 aliphatic rings. The van der Waals surface area contributed by atoms with E-state index in [0.29, 0.717) is 16.4 Å². The lowest BCUT2D eigenvalue weighted by atomic mass is 9.98. The van der Waals surface area contributed by atoms with Gasteiger partial charge in [0.25, 0.3) is 5.91 Å². The molecule has 0 bridgehead atoms. The van der Waals surface area contributed by atoms with Crippen LogP contribution in [0.1, 0.15) is 27.7 Å². The Bertz CT molecular complexity index is 1320. The van der Waals surface area contributed by atoms with Crippen LogP contribution >= 0.6 is 11.3 Å². The summed E-state index contributed by atoms with van der Waals surface area (Å²) in [6.07, 6.45) is 0. The van der Waals surface area contributed by atoms with Crippen molar-refractivity contribution in [3.63, 3.8) is 0 Å². The topological polar surface area (TPSA) is 85.5 Å². The van der Waals surface area contributed by atoms with E-state index in [4.69, 9.17) is 9.15 Å². The van der Waals surface area contributed by atoms with Crippen molar-refractivity contribution in [1.29, 1.82) is 0 Å². The van der Waals surface area contributed by atoms with Crippen molar-refractivity contribution < 1.29 is 18.3 Å². The second kappa shape index (κ2) is 6.49. The van der Waals surface area contributed by atoms with E-state index in [1.54, 1.807) is 24.3 Å². The number of methoxy groups -OCH3 is 1. The Balaban J connectivity index is 1.83. The smallest absolute Gasteiger partial charge is 0.297 e. The summed E-state index contributed by atoms with van der Waals surface area (Å²) in [5, 5.41) is 8.20. The van der Waals surface area contributed by atoms with E-state index >= 15 is 0 Å². The molecule has 0 aliphatic carbocycles. The van der Waals surface area contributed by atoms with Crippen molar-refractivity contribution in [1.82, 2.24) is 10.2 Å². The van der Waals surface area contributed by atoms with Gasteiger partial charge < -0.3 is 9.15 Å². The molecule has 144 valence electrons. The van der Waals surface area contributed by atoms with Crippen molar-refractivity contribution in [3.8, 4) is 5.75 Å². The molecule has 0 radical (unpaired) electrons. The minimum absolute atomic E-state index is 0.0727. The standard InChI is InChI=1S/C20H12FN3O4S/c1-27-12-4-2-3-10(7-12)16-15-17(25)13-8-11(21)5-6-14(13)28-18(15)19(26)24(16)20-23-22-9-29-20/h2-9,16H,1H3. The molecule has 0 N–H and O–H groups in total. The number of carbonyl (C=O) groups is 1. The second-order valence-electron chi connectivity index (χ2n) is 6.39. The fourth-order valence-corrected chi connectivity index (χ4v) is 4.13. The number of carbonyl (C=O) groups excluding carboxylic acids is 1. The van der Waals surface area contributed by atoms with Gasteiger partial charge in [-0.3, -0.25) is 14.5 Å². The van der Waals surface area contributed by atoms with Crippen molar-refractivity contribution >= 4 is 33.3 Å². The van der Waals surface area contributed by atoms with Crippen molar-refractivity contribution in [3.05, 3.63) is 80.9 Å². The Morgan fingerprint density at radius 3 is 2.83 bits per heavy atom. The van der Waals surface area contributed by atoms with Gasteiger partial charge in [-0.2, -0.15) is 0 Å². The highest BCUT2D eigenvalue weighted by molar-refractivity contribution is 7.13. The van der Waals surface area contributed by atoms with E-state index < -0.39 is 23.2 Å². The van der Waals surface area contributed by atoms with Crippen LogP contribution in [-0.4, -0.2) is 23.2 Å². The predicted molar refractivity (Wildman–Crippen MR) is 104 cm³/mol. The maximum absolute atomic E-state index is 13.8. The summed E-state index contributed by atoms with van der Waals surface area (Å²) in [5.41, 5.74) is 1.95. The first-order valence-corrected chi connectivity index (χ1v) is 9.46. The maximum Gasteiger partial charge on any atom is 0.297 e. The van der Waals surface area contributed by atoms with Gasteiger partial charge in [-0.05, 0) is 35.9 Å². The van der Waals surface area contributed by atoms with Crippen LogP contribution in [0.2, 0.25) is 0 Å². The molecule has 2 aromatic carbocycles. The lowest BCUT2D eigenvalue weighted by molar-refractivity contribution is 0.0970. The monoisotopic (exact) mass is 409 g/mol. The molecule has 2 aromatic heterocycles. The molecule has 0 fully saturated rings. The van der Waals surface area contributed by atoms with E-state index in [-0.39, 0.29) is 22.3 Å². The van der Waals surface area contributed by atoms with Crippen molar-refractivity contribution in [2.75, 3.05) is 12.0 Å². The summed E-state index contributed by atoms with van der Waals surface area (Å²) in [6, 6.07) is 9.86. The fourth-order valence-electron chi connectivity index (χ4n) is 3.54. The van der Waals surface area contributed by atoms with Crippen LogP contribution in [0, 0.1) is 5.82 Å². The Labute approximate surface area is 167 Å². The van der Waals surface area contributed by atoms with E-state index in [1.807, 2.05) is 0 Å². The first kappa shape index (κ1) is 17.5. The zero-order valence-electron chi connectivity index (χ0n) is 15.0. The lowest BCUT2D eigenvalue weighted by Gasteiger charge is -2.22. The van der Waals surface area contributed by atoms with Crippen molar-refractivity contribution in [2.45, 2.75) is 6.04 Å². The average Bonchev–Trinajstić information content (AvgIpc) is 3.35. The predicted octanol–water partition coefficient (Wildman–Crippen LogP) is 3.54. The maximum atomic E-state index is 13.8. The number of benzene rings is 2. The number of hydrogen-bond acceptors (Lipinski definition) is 7. The molecular weight excluding hydrogens is 397 g/mol. The van der Waals surface area contributed by atoms with Gasteiger partial charge in [0.2, 0.25) is 10.9 Å². The fraction of sp³-hybridized carbons (Fsp3) is 0.100. The van der Waals surface area contributed by atoms with Crippen LogP contribution in [0.5, 0.6) is 5.75 Å². The van der Waals surface area contributed by atoms with Gasteiger partial charge in [0.15, 0.2) is 5.43 Å². The Morgan fingerprint density at radius 2 is 2.07 bits per heavy atom. The molecule has 1 atom stereocenters. The molecule has 4 aromatic rings. The van der Waals surface area contributed by atoms with E-state index in [0.717, 1.165) is 17.4 Å². The van der Waals surface area contributed by atoms with E-state index in [2.05, 4.69) is 10.2 Å². The van der Waals surface area contributed by atoms with Crippen LogP contribution in [-0.2, 0) is 0 Å². The van der Waals surface area contributed by atoms with Crippen LogP contribution in [0.15, 0.2) is 57.2 Å². The lowest BCUT2D eigenvalue weighted by Crippen LogP contribution is -2.29. The summed E-state index contributed by atoms with van der Waals surface area (Å²) in [4.78, 5) is 27.9. The zero-order chi connectivity index (χ0) is 20.1. The molecule has 5 rings (SSSR count). The number of aromatic nitrogens is 2. The Kier molecular flexibility index (Phi) is 3.92. The van der Waals surface area contributed by atoms with Crippen LogP contribution < -0.4 is 15.1 Å². The number of hydrogen-bond donors (Lipinski definition) is 0. The molecule has 9 heteroatoms.